The van der Waals surface area contributed by atoms with Crippen molar-refractivity contribution in [3.8, 4) is 0 Å². The first-order chi connectivity index (χ1) is 9.58. The Morgan fingerprint density at radius 3 is 2.60 bits per heavy atom. The van der Waals surface area contributed by atoms with Gasteiger partial charge in [0.15, 0.2) is 0 Å². The van der Waals surface area contributed by atoms with Gasteiger partial charge in [0.05, 0.1) is 11.0 Å². The highest BCUT2D eigenvalue weighted by atomic mass is 15.1. The maximum absolute atomic E-state index is 4.63. The summed E-state index contributed by atoms with van der Waals surface area (Å²) in [5.74, 6) is 0.571. The Hall–Kier alpha value is -1.83. The van der Waals surface area contributed by atoms with E-state index in [1.807, 2.05) is 12.3 Å². The summed E-state index contributed by atoms with van der Waals surface area (Å²) in [5.41, 5.74) is 2.49. The zero-order valence-electron chi connectivity index (χ0n) is 12.7. The molecule has 0 spiro atoms. The van der Waals surface area contributed by atoms with E-state index in [4.69, 9.17) is 0 Å². The largest absolute Gasteiger partial charge is 0.340 e. The highest BCUT2D eigenvalue weighted by Crippen LogP contribution is 2.35. The molecule has 0 bridgehead atoms. The number of benzene rings is 1. The van der Waals surface area contributed by atoms with E-state index in [0.29, 0.717) is 5.92 Å². The smallest absolute Gasteiger partial charge is 0.0944 e. The Labute approximate surface area is 120 Å². The van der Waals surface area contributed by atoms with Gasteiger partial charge >= 0.3 is 0 Å². The van der Waals surface area contributed by atoms with E-state index in [1.165, 1.54) is 16.3 Å². The van der Waals surface area contributed by atoms with E-state index in [-0.39, 0.29) is 5.54 Å². The zero-order chi connectivity index (χ0) is 14.3. The summed E-state index contributed by atoms with van der Waals surface area (Å²) in [5, 5.41) is 2.48. The molecule has 1 aromatic carbocycles. The van der Waals surface area contributed by atoms with Gasteiger partial charge < -0.3 is 4.57 Å². The first kappa shape index (κ1) is 13.2. The van der Waals surface area contributed by atoms with Crippen molar-refractivity contribution in [3.05, 3.63) is 42.7 Å². The summed E-state index contributed by atoms with van der Waals surface area (Å²) in [6, 6.07) is 10.7. The molecule has 3 rings (SSSR count). The topological polar surface area (TPSA) is 17.8 Å². The molecule has 0 saturated carbocycles. The molecule has 0 N–H and O–H groups in total. The van der Waals surface area contributed by atoms with Gasteiger partial charge in [-0.2, -0.15) is 0 Å². The lowest BCUT2D eigenvalue weighted by Gasteiger charge is -2.35. The minimum atomic E-state index is 0.119. The molecule has 20 heavy (non-hydrogen) atoms. The van der Waals surface area contributed by atoms with E-state index in [9.17, 15) is 0 Å². The molecule has 2 heterocycles. The van der Waals surface area contributed by atoms with E-state index in [0.717, 1.165) is 11.9 Å². The minimum absolute atomic E-state index is 0.119. The average Bonchev–Trinajstić information content (AvgIpc) is 2.91. The van der Waals surface area contributed by atoms with Crippen LogP contribution in [0, 0.1) is 5.92 Å². The molecule has 0 fully saturated rings. The van der Waals surface area contributed by atoms with Crippen molar-refractivity contribution in [2.45, 2.75) is 39.7 Å². The van der Waals surface area contributed by atoms with Crippen LogP contribution in [-0.2, 0) is 5.54 Å². The Balaban J connectivity index is 2.40. The van der Waals surface area contributed by atoms with E-state index >= 15 is 0 Å². The molecule has 1 unspecified atom stereocenters. The first-order valence-electron chi connectivity index (χ1n) is 7.43. The van der Waals surface area contributed by atoms with Crippen LogP contribution in [0.5, 0.6) is 0 Å². The second-order valence-corrected chi connectivity index (χ2v) is 6.13. The lowest BCUT2D eigenvalue weighted by molar-refractivity contribution is 0.220. The summed E-state index contributed by atoms with van der Waals surface area (Å²) < 4.78 is 2.43. The monoisotopic (exact) mass is 266 g/mol. The van der Waals surface area contributed by atoms with E-state index < -0.39 is 0 Å². The van der Waals surface area contributed by atoms with Crippen molar-refractivity contribution >= 4 is 21.8 Å². The van der Waals surface area contributed by atoms with Crippen molar-refractivity contribution in [2.75, 3.05) is 0 Å². The van der Waals surface area contributed by atoms with Gasteiger partial charge in [-0.1, -0.05) is 39.0 Å². The van der Waals surface area contributed by atoms with Gasteiger partial charge in [-0.15, -0.1) is 0 Å². The Bertz CT molecular complexity index is 754. The minimum Gasteiger partial charge on any atom is -0.340 e. The van der Waals surface area contributed by atoms with Crippen LogP contribution in [0.4, 0.5) is 0 Å². The maximum Gasteiger partial charge on any atom is 0.0944 e. The van der Waals surface area contributed by atoms with Gasteiger partial charge in [-0.3, -0.25) is 4.98 Å². The van der Waals surface area contributed by atoms with Crippen LogP contribution >= 0.6 is 0 Å². The van der Waals surface area contributed by atoms with Crippen molar-refractivity contribution in [1.29, 1.82) is 0 Å². The van der Waals surface area contributed by atoms with Gasteiger partial charge in [0.1, 0.15) is 0 Å². The quantitative estimate of drug-likeness (QED) is 0.654. The molecule has 0 saturated heterocycles. The third-order valence-corrected chi connectivity index (χ3v) is 4.93. The van der Waals surface area contributed by atoms with Crippen LogP contribution in [-0.4, -0.2) is 9.55 Å². The second kappa shape index (κ2) is 4.62. The second-order valence-electron chi connectivity index (χ2n) is 6.13. The van der Waals surface area contributed by atoms with Crippen LogP contribution in [0.15, 0.2) is 42.7 Å². The number of pyridine rings is 1. The highest BCUT2D eigenvalue weighted by molar-refractivity contribution is 6.03. The zero-order valence-corrected chi connectivity index (χ0v) is 12.7. The Morgan fingerprint density at radius 2 is 1.90 bits per heavy atom. The standard InChI is InChI=1S/C18H22N2/c1-5-18(4,13(2)3)20-12-10-15-9-8-14-7-6-11-19-16(14)17(15)20/h6-13H,5H2,1-4H3. The lowest BCUT2D eigenvalue weighted by atomic mass is 9.85. The van der Waals surface area contributed by atoms with Crippen molar-refractivity contribution < 1.29 is 0 Å². The average molecular weight is 266 g/mol. The molecule has 2 nitrogen and oxygen atoms in total. The number of hydrogen-bond acceptors (Lipinski definition) is 1. The summed E-state index contributed by atoms with van der Waals surface area (Å²) in [6.45, 7) is 9.21. The predicted molar refractivity (Wildman–Crippen MR) is 86.0 cm³/mol. The Kier molecular flexibility index (Phi) is 3.04. The summed E-state index contributed by atoms with van der Waals surface area (Å²) in [4.78, 5) is 4.63. The summed E-state index contributed by atoms with van der Waals surface area (Å²) in [7, 11) is 0. The Morgan fingerprint density at radius 1 is 1.15 bits per heavy atom. The van der Waals surface area contributed by atoms with Crippen molar-refractivity contribution in [1.82, 2.24) is 9.55 Å². The number of hydrogen-bond donors (Lipinski definition) is 0. The lowest BCUT2D eigenvalue weighted by Crippen LogP contribution is -2.34. The molecule has 0 aliphatic heterocycles. The molecule has 0 aliphatic rings. The van der Waals surface area contributed by atoms with Gasteiger partial charge in [-0.05, 0) is 31.4 Å². The van der Waals surface area contributed by atoms with E-state index in [1.54, 1.807) is 0 Å². The predicted octanol–water partition coefficient (Wildman–Crippen LogP) is 4.97. The van der Waals surface area contributed by atoms with Gasteiger partial charge in [-0.25, -0.2) is 0 Å². The SMILES string of the molecule is CCC(C)(C(C)C)n1ccc2ccc3cccnc3c21. The van der Waals surface area contributed by atoms with Crippen LogP contribution in [0.2, 0.25) is 0 Å². The third-order valence-electron chi connectivity index (χ3n) is 4.93. The number of rotatable bonds is 3. The summed E-state index contributed by atoms with van der Waals surface area (Å²) in [6.07, 6.45) is 5.22. The van der Waals surface area contributed by atoms with Crippen LogP contribution in [0.1, 0.15) is 34.1 Å². The molecule has 0 amide bonds. The van der Waals surface area contributed by atoms with E-state index in [2.05, 4.69) is 67.7 Å². The maximum atomic E-state index is 4.63. The highest BCUT2D eigenvalue weighted by Gasteiger charge is 2.29. The van der Waals surface area contributed by atoms with Crippen LogP contribution < -0.4 is 0 Å². The number of aromatic nitrogens is 2. The van der Waals surface area contributed by atoms with Crippen LogP contribution in [0.25, 0.3) is 21.8 Å². The summed E-state index contributed by atoms with van der Waals surface area (Å²) >= 11 is 0. The molecular weight excluding hydrogens is 244 g/mol. The normalized spacial score (nSPS) is 15.1. The first-order valence-corrected chi connectivity index (χ1v) is 7.43. The fourth-order valence-electron chi connectivity index (χ4n) is 3.04. The fraction of sp³-hybridized carbons (Fsp3) is 0.389. The van der Waals surface area contributed by atoms with Gasteiger partial charge in [0.25, 0.3) is 0 Å². The molecule has 104 valence electrons. The van der Waals surface area contributed by atoms with Gasteiger partial charge in [0.2, 0.25) is 0 Å². The van der Waals surface area contributed by atoms with Crippen LogP contribution in [0.3, 0.4) is 0 Å². The number of nitrogens with zero attached hydrogens (tertiary/aromatic N) is 2. The molecule has 3 aromatic rings. The molecule has 0 radical (unpaired) electrons. The molecular formula is C18H22N2. The molecule has 2 heteroatoms. The van der Waals surface area contributed by atoms with Crippen molar-refractivity contribution in [2.24, 2.45) is 5.92 Å². The van der Waals surface area contributed by atoms with Crippen molar-refractivity contribution in [3.63, 3.8) is 0 Å². The fourth-order valence-corrected chi connectivity index (χ4v) is 3.04. The molecule has 1 atom stereocenters. The van der Waals surface area contributed by atoms with Gasteiger partial charge in [0, 0.05) is 28.7 Å². The molecule has 0 aliphatic carbocycles. The number of fused-ring (bicyclic) bond motifs is 3. The third kappa shape index (κ3) is 1.75. The molecule has 2 aromatic heterocycles.